The van der Waals surface area contributed by atoms with Crippen LogP contribution in [-0.4, -0.2) is 126 Å². The molecule has 0 saturated carbocycles. The lowest BCUT2D eigenvalue weighted by atomic mass is 9.94. The number of sulfonamides is 1. The van der Waals surface area contributed by atoms with E-state index in [0.29, 0.717) is 50.9 Å². The van der Waals surface area contributed by atoms with Gasteiger partial charge in [0.15, 0.2) is 0 Å². The van der Waals surface area contributed by atoms with E-state index in [1.165, 1.54) is 17.8 Å². The van der Waals surface area contributed by atoms with Crippen molar-refractivity contribution in [1.29, 1.82) is 5.41 Å². The average Bonchev–Trinajstić information content (AvgIpc) is 1.72. The van der Waals surface area contributed by atoms with Crippen LogP contribution >= 0.6 is 0 Å². The summed E-state index contributed by atoms with van der Waals surface area (Å²) in [6.45, 7) is 17.6. The van der Waals surface area contributed by atoms with Gasteiger partial charge in [-0.1, -0.05) is 111 Å². The van der Waals surface area contributed by atoms with E-state index in [4.69, 9.17) is 19.6 Å². The van der Waals surface area contributed by atoms with Crippen molar-refractivity contribution in [2.24, 2.45) is 5.92 Å². The summed E-state index contributed by atoms with van der Waals surface area (Å²) in [7, 11) is -3.07. The van der Waals surface area contributed by atoms with Crippen LogP contribution in [0.4, 0.5) is 14.4 Å². The number of fused-ring (bicyclic) bond motifs is 5. The minimum atomic E-state index is -4.32. The van der Waals surface area contributed by atoms with E-state index >= 15 is 0 Å². The van der Waals surface area contributed by atoms with E-state index in [9.17, 15) is 47.1 Å². The largest absolute Gasteiger partial charge is 0.487 e. The summed E-state index contributed by atoms with van der Waals surface area (Å²) in [5.41, 5.74) is 11.2. The normalized spacial score (nSPS) is 14.5. The summed E-state index contributed by atoms with van der Waals surface area (Å²) in [6.07, 6.45) is -0.175. The van der Waals surface area contributed by atoms with Crippen molar-refractivity contribution >= 4 is 68.8 Å². The Labute approximate surface area is 530 Å². The van der Waals surface area contributed by atoms with Crippen molar-refractivity contribution in [2.45, 2.75) is 154 Å². The molecule has 2 aliphatic rings. The van der Waals surface area contributed by atoms with Gasteiger partial charge in [0.2, 0.25) is 17.8 Å². The average molecular weight is 1270 g/mol. The smallest absolute Gasteiger partial charge is 0.419 e. The topological polar surface area (TPSA) is 318 Å². The molecule has 91 heavy (non-hydrogen) atoms. The minimum absolute atomic E-state index is 0.00119. The maximum Gasteiger partial charge on any atom is 0.419 e. The maximum absolute atomic E-state index is 14.6. The van der Waals surface area contributed by atoms with E-state index in [2.05, 4.69) is 37.4 Å². The SMILES string of the molecule is Cc1c(C)c(S(=O)(=O)N(C)C(=N)NCCC[C@H](NC(=O)[C@H](CC(C)C)NC(=O)NNC(=O)[C@H](Cc2ccccc2)NC(=O)OCC2c3ccccc3-c3ccccc32)C(=O)N[C@@H](Cc2cn(C(=O)OC(C)(C)C)c3ccccc23)C(=O)O)c(C)c2c1OC(C)(C)C2. The number of amides is 6. The molecule has 4 atom stereocenters. The number of hydrogen-bond acceptors (Lipinski definition) is 13. The van der Waals surface area contributed by atoms with Crippen molar-refractivity contribution in [3.63, 3.8) is 0 Å². The third-order valence-electron chi connectivity index (χ3n) is 16.1. The summed E-state index contributed by atoms with van der Waals surface area (Å²) in [5.74, 6) is -4.42. The number of benzene rings is 5. The molecule has 1 aromatic heterocycles. The molecule has 6 aromatic rings. The summed E-state index contributed by atoms with van der Waals surface area (Å²) in [5, 5.41) is 33.3. The van der Waals surface area contributed by atoms with Gasteiger partial charge >= 0.3 is 24.2 Å². The summed E-state index contributed by atoms with van der Waals surface area (Å²) >= 11 is 0. The molecule has 0 bridgehead atoms. The zero-order chi connectivity index (χ0) is 66.3. The molecule has 2 heterocycles. The lowest BCUT2D eigenvalue weighted by Crippen LogP contribution is -2.59. The molecule has 0 spiro atoms. The molecule has 1 aliphatic heterocycles. The first-order valence-electron chi connectivity index (χ1n) is 30.2. The number of para-hydroxylation sites is 1. The van der Waals surface area contributed by atoms with Crippen molar-refractivity contribution in [1.82, 2.24) is 46.3 Å². The number of hydrogen-bond donors (Lipinski definition) is 9. The highest BCUT2D eigenvalue weighted by Gasteiger charge is 2.39. The number of aliphatic carboxylic acids is 1. The Morgan fingerprint density at radius 3 is 1.99 bits per heavy atom. The first-order chi connectivity index (χ1) is 42.9. The molecule has 24 heteroatoms. The predicted octanol–water partition coefficient (Wildman–Crippen LogP) is 8.18. The molecule has 484 valence electrons. The van der Waals surface area contributed by atoms with Crippen LogP contribution in [0.2, 0.25) is 0 Å². The van der Waals surface area contributed by atoms with Crippen LogP contribution in [0, 0.1) is 32.1 Å². The van der Waals surface area contributed by atoms with Gasteiger partial charge in [-0.15, -0.1) is 0 Å². The quantitative estimate of drug-likeness (QED) is 0.0134. The molecule has 5 aromatic carbocycles. The number of guanidine groups is 1. The number of alkyl carbamates (subject to hydrolysis) is 1. The Kier molecular flexibility index (Phi) is 20.9. The molecule has 23 nitrogen and oxygen atoms in total. The Balaban J connectivity index is 0.964. The standard InChI is InChI=1S/C67H82N10O13S/c1-38(2)32-52(72-63(83)75-74-60(80)53(33-42-22-13-12-14-23-42)73-64(84)88-37-50-47-27-17-15-25-45(47)46-26-16-18-28-48(46)50)59(79)70-51(58(78)71-54(61(81)82)34-43-36-77(65(85)90-66(6,7)8)55-30-20-19-24-44(43)55)29-21-31-69-62(68)76(11)91(86,87)57-40(4)39(3)56-49(41(57)5)35-67(9,10)89-56/h12-20,22-28,30,36,38,50-54H,21,29,31-35,37H2,1-11H3,(H2,68,69)(H,70,79)(H,71,78)(H,73,84)(H,74,80)(H,81,82)(H2,72,75,83)/t51-,52-,53-,54-/m0/s1. The van der Waals surface area contributed by atoms with Crippen LogP contribution in [0.15, 0.2) is 114 Å². The fourth-order valence-electron chi connectivity index (χ4n) is 11.6. The van der Waals surface area contributed by atoms with E-state index < -0.39 is 93.3 Å². The highest BCUT2D eigenvalue weighted by Crippen LogP contribution is 2.46. The molecule has 0 unspecified atom stereocenters. The number of hydrazine groups is 1. The van der Waals surface area contributed by atoms with Crippen molar-refractivity contribution < 1.29 is 61.3 Å². The van der Waals surface area contributed by atoms with Crippen LogP contribution in [0.25, 0.3) is 22.0 Å². The van der Waals surface area contributed by atoms with E-state index in [-0.39, 0.29) is 62.0 Å². The molecule has 0 fully saturated rings. The van der Waals surface area contributed by atoms with Gasteiger partial charge in [0.25, 0.3) is 15.9 Å². The number of nitrogens with zero attached hydrogens (tertiary/aromatic N) is 2. The first-order valence-corrected chi connectivity index (χ1v) is 31.7. The summed E-state index contributed by atoms with van der Waals surface area (Å²) < 4.78 is 48.3. The third-order valence-corrected chi connectivity index (χ3v) is 18.1. The zero-order valence-electron chi connectivity index (χ0n) is 53.2. The fraction of sp³-hybridized carbons (Fsp3) is 0.403. The fourth-order valence-corrected chi connectivity index (χ4v) is 13.2. The van der Waals surface area contributed by atoms with Gasteiger partial charge in [0.1, 0.15) is 47.7 Å². The number of urea groups is 1. The molecular weight excluding hydrogens is 1180 g/mol. The second kappa shape index (κ2) is 28.2. The number of carboxylic acids is 1. The van der Waals surface area contributed by atoms with Crippen LogP contribution < -0.4 is 42.2 Å². The van der Waals surface area contributed by atoms with Gasteiger partial charge in [0, 0.05) is 55.9 Å². The van der Waals surface area contributed by atoms with Crippen molar-refractivity contribution in [3.05, 3.63) is 154 Å². The molecule has 8 rings (SSSR count). The predicted molar refractivity (Wildman–Crippen MR) is 343 cm³/mol. The Hall–Kier alpha value is -9.45. The van der Waals surface area contributed by atoms with Gasteiger partial charge in [-0.05, 0) is 137 Å². The van der Waals surface area contributed by atoms with E-state index in [0.717, 1.165) is 32.1 Å². The van der Waals surface area contributed by atoms with Crippen molar-refractivity contribution in [3.8, 4) is 16.9 Å². The van der Waals surface area contributed by atoms with Gasteiger partial charge in [-0.2, -0.15) is 0 Å². The lowest BCUT2D eigenvalue weighted by Gasteiger charge is -2.26. The lowest BCUT2D eigenvalue weighted by molar-refractivity contribution is -0.142. The Morgan fingerprint density at radius 2 is 1.35 bits per heavy atom. The second-order valence-corrected chi connectivity index (χ2v) is 27.0. The van der Waals surface area contributed by atoms with Crippen LogP contribution in [0.3, 0.4) is 0 Å². The Bertz CT molecular complexity index is 3830. The molecule has 6 amide bonds. The Morgan fingerprint density at radius 1 is 0.747 bits per heavy atom. The first kappa shape index (κ1) is 67.5. The van der Waals surface area contributed by atoms with E-state index in [1.54, 1.807) is 110 Å². The summed E-state index contributed by atoms with van der Waals surface area (Å²) in [4.78, 5) is 96.8. The second-order valence-electron chi connectivity index (χ2n) is 25.1. The number of aromatic nitrogens is 1. The van der Waals surface area contributed by atoms with Gasteiger partial charge in [-0.25, -0.2) is 37.3 Å². The van der Waals surface area contributed by atoms with Gasteiger partial charge in [0.05, 0.1) is 10.4 Å². The van der Waals surface area contributed by atoms with Crippen LogP contribution in [0.5, 0.6) is 5.75 Å². The molecule has 0 saturated heterocycles. The third kappa shape index (κ3) is 16.1. The highest BCUT2D eigenvalue weighted by molar-refractivity contribution is 7.89. The number of carbonyl (C=O) groups excluding carboxylic acids is 6. The van der Waals surface area contributed by atoms with E-state index in [1.807, 2.05) is 62.4 Å². The monoisotopic (exact) mass is 1270 g/mol. The minimum Gasteiger partial charge on any atom is -0.487 e. The van der Waals surface area contributed by atoms with Gasteiger partial charge in [-0.3, -0.25) is 29.8 Å². The maximum atomic E-state index is 14.6. The number of carboxylic acid groups (broad SMARTS) is 1. The molecule has 1 aliphatic carbocycles. The molecule has 0 radical (unpaired) electrons. The zero-order valence-corrected chi connectivity index (χ0v) is 54.0. The summed E-state index contributed by atoms with van der Waals surface area (Å²) in [6, 6.07) is 24.6. The van der Waals surface area contributed by atoms with Crippen LogP contribution in [0.1, 0.15) is 118 Å². The van der Waals surface area contributed by atoms with Crippen LogP contribution in [-0.2, 0) is 57.9 Å². The van der Waals surface area contributed by atoms with Crippen molar-refractivity contribution in [2.75, 3.05) is 20.2 Å². The number of rotatable bonds is 22. The molecular formula is C67H82N10O13S. The molecule has 9 N–H and O–H groups in total. The number of nitrogens with one attached hydrogen (secondary N) is 8. The van der Waals surface area contributed by atoms with Gasteiger partial charge < -0.3 is 45.9 Å². The number of carbonyl (C=O) groups is 7. The number of ether oxygens (including phenoxy) is 3. The highest BCUT2D eigenvalue weighted by atomic mass is 32.2.